The van der Waals surface area contributed by atoms with E-state index >= 15 is 0 Å². The van der Waals surface area contributed by atoms with E-state index in [4.69, 9.17) is 18.9 Å². The fraction of sp³-hybridized carbons (Fsp3) is 0.480. The van der Waals surface area contributed by atoms with Crippen LogP contribution in [0.3, 0.4) is 0 Å². The second-order valence-corrected chi connectivity index (χ2v) is 9.76. The smallest absolute Gasteiger partial charge is 0.726 e. The van der Waals surface area contributed by atoms with E-state index in [2.05, 4.69) is 16.1 Å². The minimum atomic E-state index is -5.26. The van der Waals surface area contributed by atoms with E-state index < -0.39 is 35.0 Å². The molecule has 0 bridgehead atoms. The van der Waals surface area contributed by atoms with Crippen molar-refractivity contribution in [1.82, 2.24) is 5.32 Å². The summed E-state index contributed by atoms with van der Waals surface area (Å²) in [7, 11) is -5.26. The standard InChI is InChI=1S/C25H32NO12S.2Na/c1-3-34-22(29)7-5-4-6-10-26-21(28)12-16-11-15(2)36-20-13-17(8-9-18(16)20)37-25-24(38-39(31,32)33)23(30)19(27)14-35-25;;/h8-9,11,13-14,19,23-25,27,30H,2-7,10,12H2,1H3,(H,26,28)(H,31,32,33);;/q-1;2*+1/p-1. The van der Waals surface area contributed by atoms with E-state index in [9.17, 15) is 32.8 Å². The topological polar surface area (TPSA) is 190 Å². The van der Waals surface area contributed by atoms with E-state index in [0.717, 1.165) is 13.0 Å². The first-order chi connectivity index (χ1) is 18.5. The van der Waals surface area contributed by atoms with Crippen molar-refractivity contribution in [2.75, 3.05) is 13.2 Å². The Labute approximate surface area is 283 Å². The van der Waals surface area contributed by atoms with E-state index in [0.29, 0.717) is 43.6 Å². The van der Waals surface area contributed by atoms with E-state index in [1.165, 1.54) is 12.1 Å². The van der Waals surface area contributed by atoms with Crippen molar-refractivity contribution in [1.29, 1.82) is 0 Å². The minimum Gasteiger partial charge on any atom is -0.726 e. The average molecular weight is 616 g/mol. The first-order valence-corrected chi connectivity index (χ1v) is 13.6. The SMILES string of the molecule is C=C1C=C(CC(=O)NCCCCCC(=O)OCC)c2ccc(OC3O[CH-]C(O)C(O)C3OS(=O)(=O)[O-])cc2O1.[Na+].[Na+]. The summed E-state index contributed by atoms with van der Waals surface area (Å²) in [6, 6.07) is 4.51. The van der Waals surface area contributed by atoms with Gasteiger partial charge in [0.2, 0.25) is 22.6 Å². The van der Waals surface area contributed by atoms with Crippen LogP contribution in [-0.2, 0) is 33.6 Å². The number of aliphatic hydroxyl groups excluding tert-OH is 2. The molecular weight excluding hydrogens is 584 g/mol. The molecule has 1 saturated heterocycles. The van der Waals surface area contributed by atoms with Crippen LogP contribution >= 0.6 is 0 Å². The molecule has 0 radical (unpaired) electrons. The maximum Gasteiger partial charge on any atom is 1.00 e. The number of fused-ring (bicyclic) bond motifs is 1. The first-order valence-electron chi connectivity index (χ1n) is 12.3. The number of nitrogens with one attached hydrogen (secondary N) is 1. The van der Waals surface area contributed by atoms with Crippen molar-refractivity contribution >= 4 is 27.8 Å². The summed E-state index contributed by atoms with van der Waals surface area (Å²) in [5.74, 6) is 0.195. The summed E-state index contributed by atoms with van der Waals surface area (Å²) in [6.45, 7) is 7.17. The van der Waals surface area contributed by atoms with Gasteiger partial charge in [0.1, 0.15) is 17.3 Å². The van der Waals surface area contributed by atoms with Crippen molar-refractivity contribution in [3.8, 4) is 11.5 Å². The van der Waals surface area contributed by atoms with Gasteiger partial charge in [0, 0.05) is 24.6 Å². The molecule has 3 rings (SSSR count). The Hall–Kier alpha value is -1.01. The molecule has 0 saturated carbocycles. The Kier molecular flexibility index (Phi) is 16.6. The molecule has 2 aliphatic heterocycles. The van der Waals surface area contributed by atoms with Gasteiger partial charge in [-0.2, -0.15) is 6.61 Å². The number of unbranched alkanes of at least 4 members (excludes halogenated alkanes) is 2. The molecule has 4 unspecified atom stereocenters. The number of allylic oxidation sites excluding steroid dienone is 1. The molecule has 3 N–H and O–H groups in total. The summed E-state index contributed by atoms with van der Waals surface area (Å²) in [5.41, 5.74) is 1.22. The number of amides is 1. The fourth-order valence-electron chi connectivity index (χ4n) is 3.92. The van der Waals surface area contributed by atoms with Crippen molar-refractivity contribution in [2.24, 2.45) is 0 Å². The van der Waals surface area contributed by atoms with Crippen molar-refractivity contribution in [3.05, 3.63) is 48.8 Å². The second kappa shape index (κ2) is 18.0. The molecule has 16 heteroatoms. The minimum absolute atomic E-state index is 0. The van der Waals surface area contributed by atoms with Crippen LogP contribution in [0, 0.1) is 6.61 Å². The zero-order chi connectivity index (χ0) is 28.6. The van der Waals surface area contributed by atoms with E-state index in [1.54, 1.807) is 19.1 Å². The number of rotatable bonds is 13. The van der Waals surface area contributed by atoms with Crippen molar-refractivity contribution in [3.63, 3.8) is 0 Å². The number of ether oxygens (including phenoxy) is 4. The van der Waals surface area contributed by atoms with Gasteiger partial charge in [0.05, 0.1) is 19.1 Å². The Bertz CT molecular complexity index is 1190. The molecule has 216 valence electrons. The molecule has 0 aliphatic carbocycles. The van der Waals surface area contributed by atoms with Crippen LogP contribution in [0.2, 0.25) is 0 Å². The number of carbonyl (C=O) groups is 2. The van der Waals surface area contributed by atoms with Gasteiger partial charge in [-0.3, -0.25) is 13.8 Å². The third-order valence-electron chi connectivity index (χ3n) is 5.70. The van der Waals surface area contributed by atoms with Gasteiger partial charge < -0.3 is 39.0 Å². The van der Waals surface area contributed by atoms with E-state index in [1.807, 2.05) is 0 Å². The van der Waals surface area contributed by atoms with E-state index in [-0.39, 0.29) is 94.7 Å². The summed E-state index contributed by atoms with van der Waals surface area (Å²) >= 11 is 0. The van der Waals surface area contributed by atoms with Crippen LogP contribution in [0.4, 0.5) is 0 Å². The Morgan fingerprint density at radius 2 is 1.93 bits per heavy atom. The number of carbonyl (C=O) groups excluding carboxylic acids is 2. The Morgan fingerprint density at radius 1 is 1.20 bits per heavy atom. The van der Waals surface area contributed by atoms with Crippen molar-refractivity contribution in [2.45, 2.75) is 63.6 Å². The molecule has 2 aliphatic rings. The molecule has 1 fully saturated rings. The molecule has 4 atom stereocenters. The number of aliphatic hydroxyl groups is 2. The van der Waals surface area contributed by atoms with Crippen LogP contribution in [0.25, 0.3) is 5.57 Å². The number of hydrogen-bond acceptors (Lipinski definition) is 12. The summed E-state index contributed by atoms with van der Waals surface area (Å²) in [4.78, 5) is 23.9. The molecule has 2 heterocycles. The van der Waals surface area contributed by atoms with Gasteiger partial charge in [0.15, 0.2) is 6.10 Å². The third-order valence-corrected chi connectivity index (χ3v) is 6.16. The number of esters is 1. The van der Waals surface area contributed by atoms with Crippen LogP contribution in [0.15, 0.2) is 36.6 Å². The van der Waals surface area contributed by atoms with Gasteiger partial charge in [-0.1, -0.05) is 13.0 Å². The van der Waals surface area contributed by atoms with Gasteiger partial charge in [0.25, 0.3) is 0 Å². The quantitative estimate of drug-likeness (QED) is 0.0480. The maximum atomic E-state index is 12.5. The zero-order valence-electron chi connectivity index (χ0n) is 23.2. The molecule has 41 heavy (non-hydrogen) atoms. The first kappa shape index (κ1) is 38.0. The number of benzene rings is 1. The zero-order valence-corrected chi connectivity index (χ0v) is 28.1. The molecular formula is C25H31NNa2O12S. The van der Waals surface area contributed by atoms with Crippen LogP contribution < -0.4 is 73.9 Å². The van der Waals surface area contributed by atoms with Gasteiger partial charge in [-0.05, 0) is 49.7 Å². The molecule has 1 aromatic rings. The maximum absolute atomic E-state index is 12.5. The second-order valence-electron chi connectivity index (χ2n) is 8.75. The largest absolute Gasteiger partial charge is 1.00 e. The summed E-state index contributed by atoms with van der Waals surface area (Å²) in [6.07, 6.45) is -2.69. The predicted octanol–water partition coefficient (Wildman–Crippen LogP) is -4.92. The predicted molar refractivity (Wildman–Crippen MR) is 133 cm³/mol. The summed E-state index contributed by atoms with van der Waals surface area (Å²) < 4.78 is 58.8. The molecule has 0 spiro atoms. The van der Waals surface area contributed by atoms with Crippen molar-refractivity contribution < 1.29 is 115 Å². The van der Waals surface area contributed by atoms with Gasteiger partial charge in [-0.25, -0.2) is 8.42 Å². The monoisotopic (exact) mass is 615 g/mol. The van der Waals surface area contributed by atoms with Gasteiger partial charge >= 0.3 is 65.1 Å². The third kappa shape index (κ3) is 12.3. The Morgan fingerprint density at radius 3 is 2.61 bits per heavy atom. The molecule has 13 nitrogen and oxygen atoms in total. The van der Waals surface area contributed by atoms with Crippen LogP contribution in [-0.4, -0.2) is 72.8 Å². The average Bonchev–Trinajstić information content (AvgIpc) is 2.85. The molecule has 1 aromatic carbocycles. The fourth-order valence-corrected chi connectivity index (χ4v) is 4.40. The van der Waals surface area contributed by atoms with Crippen LogP contribution in [0.5, 0.6) is 11.5 Å². The molecule has 0 aromatic heterocycles. The van der Waals surface area contributed by atoms with Gasteiger partial charge in [-0.15, -0.1) is 0 Å². The van der Waals surface area contributed by atoms with Crippen LogP contribution in [0.1, 0.15) is 44.6 Å². The molecule has 1 amide bonds. The Balaban J connectivity index is 0.00000420. The summed E-state index contributed by atoms with van der Waals surface area (Å²) in [5, 5.41) is 22.6. The number of hydrogen-bond donors (Lipinski definition) is 3. The normalized spacial score (nSPS) is 21.7.